The molecule has 0 aromatic rings. The van der Waals surface area contributed by atoms with Crippen LogP contribution in [0.1, 0.15) is 6.42 Å². The SMILES string of the molecule is CS(=O)(=O)N1CCN(CCC2CSCCN2)CC1. The maximum Gasteiger partial charge on any atom is 0.211 e. The van der Waals surface area contributed by atoms with Gasteiger partial charge in [-0.1, -0.05) is 0 Å². The third-order valence-corrected chi connectivity index (χ3v) is 6.03. The predicted molar refractivity (Wildman–Crippen MR) is 76.6 cm³/mol. The summed E-state index contributed by atoms with van der Waals surface area (Å²) < 4.78 is 24.4. The number of hydrogen-bond acceptors (Lipinski definition) is 5. The van der Waals surface area contributed by atoms with Crippen LogP contribution in [0.25, 0.3) is 0 Å². The van der Waals surface area contributed by atoms with Crippen molar-refractivity contribution >= 4 is 21.8 Å². The molecule has 2 saturated heterocycles. The third kappa shape index (κ3) is 4.38. The lowest BCUT2D eigenvalue weighted by Gasteiger charge is -2.34. The van der Waals surface area contributed by atoms with Crippen molar-refractivity contribution in [3.63, 3.8) is 0 Å². The molecule has 0 bridgehead atoms. The number of thioether (sulfide) groups is 1. The summed E-state index contributed by atoms with van der Waals surface area (Å²) in [6.45, 7) is 5.23. The van der Waals surface area contributed by atoms with E-state index >= 15 is 0 Å². The first kappa shape index (κ1) is 14.6. The highest BCUT2D eigenvalue weighted by Crippen LogP contribution is 2.12. The van der Waals surface area contributed by atoms with Crippen molar-refractivity contribution in [1.29, 1.82) is 0 Å². The smallest absolute Gasteiger partial charge is 0.211 e. The third-order valence-electron chi connectivity index (χ3n) is 3.59. The Balaban J connectivity index is 1.67. The van der Waals surface area contributed by atoms with Crippen LogP contribution in [0, 0.1) is 0 Å². The molecular weight excluding hydrogens is 270 g/mol. The summed E-state index contributed by atoms with van der Waals surface area (Å²) in [5, 5.41) is 3.54. The highest BCUT2D eigenvalue weighted by atomic mass is 32.2. The van der Waals surface area contributed by atoms with Gasteiger partial charge in [0.1, 0.15) is 0 Å². The summed E-state index contributed by atoms with van der Waals surface area (Å²) in [5.74, 6) is 2.44. The number of nitrogens with zero attached hydrogens (tertiary/aromatic N) is 2. The molecule has 2 aliphatic rings. The van der Waals surface area contributed by atoms with Crippen LogP contribution >= 0.6 is 11.8 Å². The Morgan fingerprint density at radius 2 is 2.00 bits per heavy atom. The Morgan fingerprint density at radius 1 is 1.28 bits per heavy atom. The summed E-state index contributed by atoms with van der Waals surface area (Å²) in [4.78, 5) is 2.38. The highest BCUT2D eigenvalue weighted by Gasteiger charge is 2.23. The minimum absolute atomic E-state index is 0.636. The van der Waals surface area contributed by atoms with E-state index in [0.717, 1.165) is 26.2 Å². The molecule has 2 rings (SSSR count). The Labute approximate surface area is 114 Å². The lowest BCUT2D eigenvalue weighted by atomic mass is 10.2. The number of rotatable bonds is 4. The van der Waals surface area contributed by atoms with Gasteiger partial charge in [0.15, 0.2) is 0 Å². The highest BCUT2D eigenvalue weighted by molar-refractivity contribution is 7.99. The van der Waals surface area contributed by atoms with Gasteiger partial charge in [-0.2, -0.15) is 16.1 Å². The summed E-state index contributed by atoms with van der Waals surface area (Å²) in [5.41, 5.74) is 0. The van der Waals surface area contributed by atoms with Crippen LogP contribution in [-0.2, 0) is 10.0 Å². The van der Waals surface area contributed by atoms with Crippen molar-refractivity contribution < 1.29 is 8.42 Å². The molecule has 2 fully saturated rings. The topological polar surface area (TPSA) is 52.7 Å². The zero-order chi connectivity index (χ0) is 13.0. The van der Waals surface area contributed by atoms with E-state index < -0.39 is 10.0 Å². The largest absolute Gasteiger partial charge is 0.312 e. The van der Waals surface area contributed by atoms with E-state index in [9.17, 15) is 8.42 Å². The quantitative estimate of drug-likeness (QED) is 0.768. The van der Waals surface area contributed by atoms with Crippen molar-refractivity contribution in [3.8, 4) is 0 Å². The van der Waals surface area contributed by atoms with E-state index in [1.807, 2.05) is 11.8 Å². The molecule has 0 spiro atoms. The van der Waals surface area contributed by atoms with Gasteiger partial charge in [-0.15, -0.1) is 0 Å². The summed E-state index contributed by atoms with van der Waals surface area (Å²) >= 11 is 2.02. The van der Waals surface area contributed by atoms with Crippen molar-refractivity contribution in [1.82, 2.24) is 14.5 Å². The summed E-state index contributed by atoms with van der Waals surface area (Å²) in [6, 6.07) is 0.636. The lowest BCUT2D eigenvalue weighted by Crippen LogP contribution is -2.49. The predicted octanol–water partition coefficient (Wildman–Crippen LogP) is -0.341. The van der Waals surface area contributed by atoms with Crippen molar-refractivity contribution in [2.24, 2.45) is 0 Å². The van der Waals surface area contributed by atoms with Crippen molar-refractivity contribution in [2.75, 3.05) is 57.0 Å². The molecule has 0 saturated carbocycles. The fourth-order valence-corrected chi connectivity index (χ4v) is 4.25. The van der Waals surface area contributed by atoms with Gasteiger partial charge < -0.3 is 10.2 Å². The van der Waals surface area contributed by atoms with Crippen LogP contribution in [0.3, 0.4) is 0 Å². The van der Waals surface area contributed by atoms with Gasteiger partial charge >= 0.3 is 0 Å². The standard InChI is InChI=1S/C11H23N3O2S2/c1-18(15,16)14-7-5-13(6-8-14)4-2-11-10-17-9-3-12-11/h11-12H,2-10H2,1H3. The second-order valence-corrected chi connectivity index (χ2v) is 8.15. The van der Waals surface area contributed by atoms with E-state index in [1.54, 1.807) is 4.31 Å². The molecular formula is C11H23N3O2S2. The minimum atomic E-state index is -2.99. The van der Waals surface area contributed by atoms with E-state index in [-0.39, 0.29) is 0 Å². The van der Waals surface area contributed by atoms with Gasteiger partial charge in [0.2, 0.25) is 10.0 Å². The zero-order valence-electron chi connectivity index (χ0n) is 11.0. The van der Waals surface area contributed by atoms with Gasteiger partial charge in [-0.25, -0.2) is 8.42 Å². The van der Waals surface area contributed by atoms with E-state index in [2.05, 4.69) is 10.2 Å². The van der Waals surface area contributed by atoms with Crippen molar-refractivity contribution in [3.05, 3.63) is 0 Å². The molecule has 5 nitrogen and oxygen atoms in total. The molecule has 1 N–H and O–H groups in total. The van der Waals surface area contributed by atoms with Gasteiger partial charge in [0.25, 0.3) is 0 Å². The Morgan fingerprint density at radius 3 is 2.56 bits per heavy atom. The van der Waals surface area contributed by atoms with E-state index in [1.165, 1.54) is 24.2 Å². The average Bonchev–Trinajstić information content (AvgIpc) is 2.37. The molecule has 0 radical (unpaired) electrons. The molecule has 7 heteroatoms. The monoisotopic (exact) mass is 293 g/mol. The molecule has 2 heterocycles. The van der Waals surface area contributed by atoms with Crippen LogP contribution in [0.2, 0.25) is 0 Å². The van der Waals surface area contributed by atoms with Crippen molar-refractivity contribution in [2.45, 2.75) is 12.5 Å². The minimum Gasteiger partial charge on any atom is -0.312 e. The fraction of sp³-hybridized carbons (Fsp3) is 1.00. The molecule has 0 amide bonds. The summed E-state index contributed by atoms with van der Waals surface area (Å²) in [7, 11) is -2.99. The number of nitrogens with one attached hydrogen (secondary N) is 1. The molecule has 0 aliphatic carbocycles. The van der Waals surface area contributed by atoms with Crippen LogP contribution in [0.4, 0.5) is 0 Å². The molecule has 0 aromatic heterocycles. The number of hydrogen-bond donors (Lipinski definition) is 1. The van der Waals surface area contributed by atoms with Crippen LogP contribution in [0.5, 0.6) is 0 Å². The van der Waals surface area contributed by atoms with Gasteiger partial charge in [0, 0.05) is 50.3 Å². The average molecular weight is 293 g/mol. The number of piperazine rings is 1. The van der Waals surface area contributed by atoms with Crippen LogP contribution in [0.15, 0.2) is 0 Å². The summed E-state index contributed by atoms with van der Waals surface area (Å²) in [6.07, 6.45) is 2.47. The van der Waals surface area contributed by atoms with Gasteiger partial charge in [-0.3, -0.25) is 0 Å². The Bertz CT molecular complexity index is 347. The second kappa shape index (κ2) is 6.56. The van der Waals surface area contributed by atoms with E-state index in [4.69, 9.17) is 0 Å². The maximum absolute atomic E-state index is 11.4. The van der Waals surface area contributed by atoms with E-state index in [0.29, 0.717) is 19.1 Å². The van der Waals surface area contributed by atoms with Crippen LogP contribution in [-0.4, -0.2) is 80.7 Å². The second-order valence-electron chi connectivity index (χ2n) is 5.02. The first-order valence-corrected chi connectivity index (χ1v) is 9.54. The van der Waals surface area contributed by atoms with Gasteiger partial charge in [-0.05, 0) is 13.0 Å². The molecule has 2 aliphatic heterocycles. The molecule has 1 atom stereocenters. The molecule has 0 aromatic carbocycles. The Kier molecular flexibility index (Phi) is 5.32. The molecule has 106 valence electrons. The molecule has 1 unspecified atom stereocenters. The van der Waals surface area contributed by atoms with Crippen LogP contribution < -0.4 is 5.32 Å². The Hall–Kier alpha value is 0.180. The first-order chi connectivity index (χ1) is 8.55. The zero-order valence-corrected chi connectivity index (χ0v) is 12.6. The number of sulfonamides is 1. The normalized spacial score (nSPS) is 28.4. The maximum atomic E-state index is 11.4. The molecule has 18 heavy (non-hydrogen) atoms. The lowest BCUT2D eigenvalue weighted by molar-refractivity contribution is 0.182. The fourth-order valence-electron chi connectivity index (χ4n) is 2.43. The van der Waals surface area contributed by atoms with Gasteiger partial charge in [0.05, 0.1) is 6.26 Å². The first-order valence-electron chi connectivity index (χ1n) is 6.54.